The Morgan fingerprint density at radius 2 is 0.830 bits per heavy atom. The van der Waals surface area contributed by atoms with Crippen molar-refractivity contribution in [1.82, 2.24) is 0 Å². The van der Waals surface area contributed by atoms with Crippen LogP contribution in [-0.2, 0) is 36.7 Å². The van der Waals surface area contributed by atoms with Gasteiger partial charge in [0.1, 0.15) is 11.1 Å². The first kappa shape index (κ1) is 31.1. The highest BCUT2D eigenvalue weighted by Gasteiger charge is 2.43. The Hall–Kier alpha value is -5.85. The fourth-order valence-electron chi connectivity index (χ4n) is 4.82. The average Bonchev–Trinajstić information content (AvgIpc) is 3.09. The highest BCUT2D eigenvalue weighted by Crippen LogP contribution is 2.33. The lowest BCUT2D eigenvalue weighted by molar-refractivity contribution is -0.120. The number of benzene rings is 4. The predicted molar refractivity (Wildman–Crippen MR) is 183 cm³/mol. The van der Waals surface area contributed by atoms with Gasteiger partial charge in [0.2, 0.25) is 28.2 Å². The third-order valence-corrected chi connectivity index (χ3v) is 9.78. The number of allylic oxidation sites excluding steroid dienone is 4. The number of aliphatic hydroxyl groups excluding tert-OH is 1. The van der Waals surface area contributed by atoms with Crippen molar-refractivity contribution in [2.45, 2.75) is 0 Å². The molecule has 234 valence electrons. The molecule has 0 aromatic heterocycles. The van der Waals surface area contributed by atoms with Gasteiger partial charge in [0, 0.05) is 0 Å². The Balaban J connectivity index is 1.34. The van der Waals surface area contributed by atoms with Gasteiger partial charge >= 0.3 is 0 Å². The molecule has 47 heavy (non-hydrogen) atoms. The van der Waals surface area contributed by atoms with E-state index in [1.54, 1.807) is 121 Å². The number of para-hydroxylation sites is 4. The van der Waals surface area contributed by atoms with Gasteiger partial charge in [-0.3, -0.25) is 14.4 Å². The molecular weight excluding hydrogens is 637 g/mol. The topological polar surface area (TPSA) is 119 Å². The van der Waals surface area contributed by atoms with E-state index in [0.717, 1.165) is 17.2 Å². The minimum atomic E-state index is -2.18. The summed E-state index contributed by atoms with van der Waals surface area (Å²) in [6.07, 6.45) is 6.99. The standard InChI is InChI=1S/C35H26N4O6S2/c40-32-30(33(41)37(27-18-8-2-9-19-27)46(44)36(32)26-16-6-1-7-17-26)24-14-5-15-25-31-34(42)38(28-20-10-3-11-21-28)47(45)39(35(31)43)29-22-12-4-13-23-29/h1-25,40H/b15-5+,24-14+,31-25?. The molecule has 12 heteroatoms. The summed E-state index contributed by atoms with van der Waals surface area (Å²) >= 11 is -4.30. The number of anilines is 4. The number of hydrogen-bond acceptors (Lipinski definition) is 6. The second-order valence-electron chi connectivity index (χ2n) is 9.96. The minimum absolute atomic E-state index is 0.139. The molecule has 1 atom stereocenters. The SMILES string of the molecule is O=C1C(=C/C=C/C=C/C2=C(O)N(c3ccccc3)S(=O)N(c3ccccc3)C2=O)C(=O)N(c2ccccc2)S(=O)N1c1ccccc1. The molecule has 4 aromatic rings. The van der Waals surface area contributed by atoms with Crippen LogP contribution >= 0.6 is 0 Å². The van der Waals surface area contributed by atoms with Crippen LogP contribution in [0.2, 0.25) is 0 Å². The zero-order valence-electron chi connectivity index (χ0n) is 24.5. The van der Waals surface area contributed by atoms with E-state index < -0.39 is 45.9 Å². The molecule has 1 saturated heterocycles. The quantitative estimate of drug-likeness (QED) is 0.157. The van der Waals surface area contributed by atoms with E-state index in [1.807, 2.05) is 0 Å². The fourth-order valence-corrected chi connectivity index (χ4v) is 7.32. The molecule has 0 radical (unpaired) electrons. The smallest absolute Gasteiger partial charge is 0.277 e. The Labute approximate surface area is 275 Å². The third kappa shape index (κ3) is 6.07. The third-order valence-electron chi connectivity index (χ3n) is 7.01. The van der Waals surface area contributed by atoms with Crippen molar-refractivity contribution >= 4 is 62.8 Å². The second kappa shape index (κ2) is 13.6. The molecule has 10 nitrogen and oxygen atoms in total. The van der Waals surface area contributed by atoms with E-state index in [0.29, 0.717) is 22.7 Å². The van der Waals surface area contributed by atoms with Crippen LogP contribution in [0.1, 0.15) is 0 Å². The lowest BCUT2D eigenvalue weighted by atomic mass is 10.1. The van der Waals surface area contributed by atoms with E-state index in [1.165, 1.54) is 30.4 Å². The maximum Gasteiger partial charge on any atom is 0.277 e. The van der Waals surface area contributed by atoms with Crippen molar-refractivity contribution in [2.24, 2.45) is 0 Å². The first-order valence-corrected chi connectivity index (χ1v) is 16.4. The van der Waals surface area contributed by atoms with Crippen molar-refractivity contribution in [3.8, 4) is 0 Å². The Morgan fingerprint density at radius 1 is 0.468 bits per heavy atom. The van der Waals surface area contributed by atoms with Gasteiger partial charge in [0.25, 0.3) is 17.7 Å². The van der Waals surface area contributed by atoms with Gasteiger partial charge in [0.05, 0.1) is 22.7 Å². The van der Waals surface area contributed by atoms with Crippen LogP contribution in [0, 0.1) is 0 Å². The molecule has 1 N–H and O–H groups in total. The molecule has 0 bridgehead atoms. The summed E-state index contributed by atoms with van der Waals surface area (Å²) in [6, 6.07) is 33.8. The monoisotopic (exact) mass is 662 g/mol. The van der Waals surface area contributed by atoms with Crippen LogP contribution in [0.25, 0.3) is 0 Å². The van der Waals surface area contributed by atoms with Gasteiger partial charge in [0.15, 0.2) is 0 Å². The molecule has 4 aromatic carbocycles. The van der Waals surface area contributed by atoms with E-state index >= 15 is 0 Å². The molecule has 6 rings (SSSR count). The highest BCUT2D eigenvalue weighted by atomic mass is 32.2. The van der Waals surface area contributed by atoms with E-state index in [4.69, 9.17) is 0 Å². The molecule has 2 aliphatic heterocycles. The summed E-state index contributed by atoms with van der Waals surface area (Å²) in [5.41, 5.74) is 1.09. The molecule has 0 spiro atoms. The number of carbonyl (C=O) groups is 3. The van der Waals surface area contributed by atoms with Crippen LogP contribution in [-0.4, -0.2) is 31.2 Å². The maximum atomic E-state index is 13.6. The summed E-state index contributed by atoms with van der Waals surface area (Å²) < 4.78 is 31.5. The van der Waals surface area contributed by atoms with Gasteiger partial charge < -0.3 is 5.11 Å². The number of hydrogen-bond donors (Lipinski definition) is 1. The molecular formula is C35H26N4O6S2. The van der Waals surface area contributed by atoms with Crippen LogP contribution in [0.4, 0.5) is 22.7 Å². The zero-order valence-corrected chi connectivity index (χ0v) is 26.2. The minimum Gasteiger partial charge on any atom is -0.493 e. The summed E-state index contributed by atoms with van der Waals surface area (Å²) in [4.78, 5) is 40.6. The fraction of sp³-hybridized carbons (Fsp3) is 0. The number of rotatable bonds is 7. The molecule has 2 heterocycles. The second-order valence-corrected chi connectivity index (χ2v) is 12.3. The largest absolute Gasteiger partial charge is 0.493 e. The Kier molecular flexibility index (Phi) is 9.04. The van der Waals surface area contributed by atoms with Crippen LogP contribution in [0.3, 0.4) is 0 Å². The van der Waals surface area contributed by atoms with Crippen molar-refractivity contribution in [2.75, 3.05) is 17.2 Å². The number of aliphatic hydroxyl groups is 1. The van der Waals surface area contributed by atoms with Crippen molar-refractivity contribution < 1.29 is 27.9 Å². The van der Waals surface area contributed by atoms with Crippen molar-refractivity contribution in [1.29, 1.82) is 0 Å². The summed E-state index contributed by atoms with van der Waals surface area (Å²) in [5, 5.41) is 11.2. The van der Waals surface area contributed by atoms with Crippen LogP contribution in [0.5, 0.6) is 0 Å². The highest BCUT2D eigenvalue weighted by molar-refractivity contribution is 7.90. The summed E-state index contributed by atoms with van der Waals surface area (Å²) in [6.45, 7) is 0. The number of amides is 3. The molecule has 1 unspecified atom stereocenters. The summed E-state index contributed by atoms with van der Waals surface area (Å²) in [5.74, 6) is -2.70. The molecule has 3 amide bonds. The number of carbonyl (C=O) groups excluding carboxylic acids is 3. The lowest BCUT2D eigenvalue weighted by Crippen LogP contribution is -2.53. The lowest BCUT2D eigenvalue weighted by Gasteiger charge is -2.34. The zero-order chi connectivity index (χ0) is 32.9. The number of nitrogens with zero attached hydrogens (tertiary/aromatic N) is 4. The Bertz CT molecular complexity index is 1940. The van der Waals surface area contributed by atoms with Gasteiger partial charge in [-0.2, -0.15) is 0 Å². The van der Waals surface area contributed by atoms with Gasteiger partial charge in [-0.05, 0) is 60.7 Å². The summed E-state index contributed by atoms with van der Waals surface area (Å²) in [7, 11) is 0. The van der Waals surface area contributed by atoms with E-state index in [-0.39, 0.29) is 11.1 Å². The normalized spacial score (nSPS) is 19.0. The predicted octanol–water partition coefficient (Wildman–Crippen LogP) is 5.59. The van der Waals surface area contributed by atoms with Crippen LogP contribution < -0.4 is 17.2 Å². The van der Waals surface area contributed by atoms with Crippen molar-refractivity contribution in [3.05, 3.63) is 169 Å². The molecule has 0 aliphatic carbocycles. The first-order chi connectivity index (χ1) is 22.9. The molecule has 0 saturated carbocycles. The van der Waals surface area contributed by atoms with Gasteiger partial charge in [-0.1, -0.05) is 91.0 Å². The molecule has 1 fully saturated rings. The van der Waals surface area contributed by atoms with Crippen molar-refractivity contribution in [3.63, 3.8) is 0 Å². The maximum absolute atomic E-state index is 13.6. The van der Waals surface area contributed by atoms with Crippen LogP contribution in [0.15, 0.2) is 169 Å². The van der Waals surface area contributed by atoms with E-state index in [2.05, 4.69) is 0 Å². The Morgan fingerprint density at radius 3 is 1.26 bits per heavy atom. The average molecular weight is 663 g/mol. The van der Waals surface area contributed by atoms with Gasteiger partial charge in [-0.15, -0.1) is 0 Å². The van der Waals surface area contributed by atoms with Gasteiger partial charge in [-0.25, -0.2) is 25.6 Å². The molecule has 2 aliphatic rings. The first-order valence-electron chi connectivity index (χ1n) is 14.2. The van der Waals surface area contributed by atoms with E-state index in [9.17, 15) is 27.9 Å².